The molecule has 6 nitrogen and oxygen atoms in total. The van der Waals surface area contributed by atoms with Gasteiger partial charge in [-0.25, -0.2) is 4.39 Å². The minimum absolute atomic E-state index is 0.373. The predicted molar refractivity (Wildman–Crippen MR) is 52.9 cm³/mol. The zero-order chi connectivity index (χ0) is 11.5. The molecule has 0 aliphatic carbocycles. The molecule has 16 heavy (non-hydrogen) atoms. The van der Waals surface area contributed by atoms with Gasteiger partial charge in [0, 0.05) is 5.56 Å². The highest BCUT2D eigenvalue weighted by Crippen LogP contribution is 2.19. The van der Waals surface area contributed by atoms with E-state index in [4.69, 9.17) is 0 Å². The second-order valence-corrected chi connectivity index (χ2v) is 3.20. The SMILES string of the molecule is Cc1nnnn1C(N=O)c1ccc(F)cc1. The van der Waals surface area contributed by atoms with E-state index in [1.807, 2.05) is 0 Å². The van der Waals surface area contributed by atoms with Crippen molar-refractivity contribution in [3.8, 4) is 0 Å². The molecular formula is C9H8FN5O. The van der Waals surface area contributed by atoms with Crippen molar-refractivity contribution in [2.75, 3.05) is 0 Å². The normalized spacial score (nSPS) is 12.4. The number of halogens is 1. The Bertz CT molecular complexity index is 495. The van der Waals surface area contributed by atoms with Crippen molar-refractivity contribution in [2.45, 2.75) is 13.1 Å². The van der Waals surface area contributed by atoms with E-state index < -0.39 is 6.17 Å². The van der Waals surface area contributed by atoms with Gasteiger partial charge in [-0.3, -0.25) is 0 Å². The summed E-state index contributed by atoms with van der Waals surface area (Å²) in [7, 11) is 0. The van der Waals surface area contributed by atoms with Crippen molar-refractivity contribution >= 4 is 0 Å². The van der Waals surface area contributed by atoms with Crippen LogP contribution in [-0.2, 0) is 0 Å². The number of nitroso groups, excluding NO2 is 1. The minimum Gasteiger partial charge on any atom is -0.207 e. The van der Waals surface area contributed by atoms with Gasteiger partial charge in [-0.15, -0.1) is 10.0 Å². The maximum absolute atomic E-state index is 12.7. The molecule has 0 aliphatic heterocycles. The van der Waals surface area contributed by atoms with Gasteiger partial charge in [-0.05, 0) is 34.7 Å². The maximum Gasteiger partial charge on any atom is 0.212 e. The number of hydrogen-bond donors (Lipinski definition) is 0. The highest BCUT2D eigenvalue weighted by Gasteiger charge is 2.17. The zero-order valence-corrected chi connectivity index (χ0v) is 8.41. The van der Waals surface area contributed by atoms with Crippen molar-refractivity contribution in [1.82, 2.24) is 20.2 Å². The van der Waals surface area contributed by atoms with Gasteiger partial charge in [-0.1, -0.05) is 12.1 Å². The van der Waals surface area contributed by atoms with Gasteiger partial charge in [0.1, 0.15) is 5.82 Å². The van der Waals surface area contributed by atoms with Gasteiger partial charge < -0.3 is 0 Å². The van der Waals surface area contributed by atoms with Gasteiger partial charge in [0.2, 0.25) is 6.17 Å². The van der Waals surface area contributed by atoms with E-state index in [2.05, 4.69) is 20.7 Å². The summed E-state index contributed by atoms with van der Waals surface area (Å²) in [6.45, 7) is 1.65. The van der Waals surface area contributed by atoms with E-state index >= 15 is 0 Å². The number of tetrazole rings is 1. The average Bonchev–Trinajstić information content (AvgIpc) is 2.69. The van der Waals surface area contributed by atoms with Crippen LogP contribution in [0.3, 0.4) is 0 Å². The van der Waals surface area contributed by atoms with Crippen LogP contribution in [0.5, 0.6) is 0 Å². The van der Waals surface area contributed by atoms with Crippen LogP contribution < -0.4 is 0 Å². The van der Waals surface area contributed by atoms with Crippen molar-refractivity contribution in [2.24, 2.45) is 5.18 Å². The molecule has 0 amide bonds. The lowest BCUT2D eigenvalue weighted by Gasteiger charge is -2.09. The third-order valence-electron chi connectivity index (χ3n) is 2.16. The second-order valence-electron chi connectivity index (χ2n) is 3.20. The average molecular weight is 221 g/mol. The van der Waals surface area contributed by atoms with E-state index in [1.165, 1.54) is 28.9 Å². The quantitative estimate of drug-likeness (QED) is 0.735. The molecular weight excluding hydrogens is 213 g/mol. The fraction of sp³-hybridized carbons (Fsp3) is 0.222. The van der Waals surface area contributed by atoms with Crippen molar-refractivity contribution in [1.29, 1.82) is 0 Å². The van der Waals surface area contributed by atoms with Crippen LogP contribution >= 0.6 is 0 Å². The molecule has 1 aromatic heterocycles. The lowest BCUT2D eigenvalue weighted by atomic mass is 10.2. The summed E-state index contributed by atoms with van der Waals surface area (Å²) in [5.74, 6) is 0.0933. The maximum atomic E-state index is 12.7. The van der Waals surface area contributed by atoms with Crippen LogP contribution in [0, 0.1) is 17.6 Å². The van der Waals surface area contributed by atoms with Gasteiger partial charge in [0.25, 0.3) is 0 Å². The van der Waals surface area contributed by atoms with Crippen LogP contribution in [0.25, 0.3) is 0 Å². The summed E-state index contributed by atoms with van der Waals surface area (Å²) >= 11 is 0. The number of aromatic nitrogens is 4. The van der Waals surface area contributed by atoms with Gasteiger partial charge in [-0.2, -0.15) is 4.68 Å². The topological polar surface area (TPSA) is 73.0 Å². The molecule has 0 aliphatic rings. The van der Waals surface area contributed by atoms with E-state index in [0.717, 1.165) is 0 Å². The van der Waals surface area contributed by atoms with Crippen LogP contribution in [0.2, 0.25) is 0 Å². The Kier molecular flexibility index (Phi) is 2.67. The van der Waals surface area contributed by atoms with Crippen LogP contribution in [-0.4, -0.2) is 20.2 Å². The fourth-order valence-electron chi connectivity index (χ4n) is 1.35. The predicted octanol–water partition coefficient (Wildman–Crippen LogP) is 1.43. The van der Waals surface area contributed by atoms with Crippen LogP contribution in [0.4, 0.5) is 4.39 Å². The molecule has 1 aromatic carbocycles. The monoisotopic (exact) mass is 221 g/mol. The Balaban J connectivity index is 2.40. The standard InChI is InChI=1S/C9H8FN5O/c1-6-11-13-14-15(6)9(12-16)7-2-4-8(10)5-3-7/h2-5,9H,1H3. The molecule has 2 aromatic rings. The van der Waals surface area contributed by atoms with Gasteiger partial charge in [0.05, 0.1) is 0 Å². The lowest BCUT2D eigenvalue weighted by molar-refractivity contribution is 0.509. The third kappa shape index (κ3) is 1.79. The summed E-state index contributed by atoms with van der Waals surface area (Å²) < 4.78 is 14.0. The third-order valence-corrected chi connectivity index (χ3v) is 2.16. The summed E-state index contributed by atoms with van der Waals surface area (Å²) in [6.07, 6.45) is -0.865. The van der Waals surface area contributed by atoms with Crippen LogP contribution in [0.1, 0.15) is 17.6 Å². The molecule has 0 N–H and O–H groups in total. The Labute approximate surface area is 90.1 Å². The lowest BCUT2D eigenvalue weighted by Crippen LogP contribution is -2.11. The Morgan fingerprint density at radius 1 is 1.38 bits per heavy atom. The first kappa shape index (κ1) is 10.3. The summed E-state index contributed by atoms with van der Waals surface area (Å²) in [6, 6.07) is 5.46. The van der Waals surface area contributed by atoms with E-state index in [9.17, 15) is 9.30 Å². The molecule has 1 heterocycles. The number of benzene rings is 1. The highest BCUT2D eigenvalue weighted by atomic mass is 19.1. The molecule has 1 unspecified atom stereocenters. The smallest absolute Gasteiger partial charge is 0.207 e. The Morgan fingerprint density at radius 2 is 2.06 bits per heavy atom. The molecule has 1 atom stereocenters. The van der Waals surface area contributed by atoms with Gasteiger partial charge in [0.15, 0.2) is 5.82 Å². The first-order valence-corrected chi connectivity index (χ1v) is 4.55. The second kappa shape index (κ2) is 4.13. The summed E-state index contributed by atoms with van der Waals surface area (Å²) in [4.78, 5) is 10.8. The molecule has 0 fully saturated rings. The molecule has 0 spiro atoms. The first-order valence-electron chi connectivity index (χ1n) is 4.55. The first-order chi connectivity index (χ1) is 7.72. The summed E-state index contributed by atoms with van der Waals surface area (Å²) in [5, 5.41) is 13.7. The molecule has 0 saturated carbocycles. The summed E-state index contributed by atoms with van der Waals surface area (Å²) in [5.41, 5.74) is 0.534. The van der Waals surface area contributed by atoms with Crippen molar-refractivity contribution in [3.05, 3.63) is 46.4 Å². The van der Waals surface area contributed by atoms with E-state index in [-0.39, 0.29) is 5.82 Å². The van der Waals surface area contributed by atoms with E-state index in [0.29, 0.717) is 11.4 Å². The molecule has 0 radical (unpaired) electrons. The highest BCUT2D eigenvalue weighted by molar-refractivity contribution is 5.20. The van der Waals surface area contributed by atoms with Crippen molar-refractivity contribution < 1.29 is 4.39 Å². The van der Waals surface area contributed by atoms with E-state index in [1.54, 1.807) is 6.92 Å². The fourth-order valence-corrected chi connectivity index (χ4v) is 1.35. The molecule has 0 saturated heterocycles. The number of rotatable bonds is 3. The molecule has 7 heteroatoms. The number of nitrogens with zero attached hydrogens (tertiary/aromatic N) is 5. The Hall–Kier alpha value is -2.18. The molecule has 82 valence electrons. The number of aryl methyl sites for hydroxylation is 1. The zero-order valence-electron chi connectivity index (χ0n) is 8.41. The minimum atomic E-state index is -0.865. The molecule has 0 bridgehead atoms. The van der Waals surface area contributed by atoms with Crippen molar-refractivity contribution in [3.63, 3.8) is 0 Å². The van der Waals surface area contributed by atoms with Gasteiger partial charge >= 0.3 is 0 Å². The Morgan fingerprint density at radius 3 is 2.56 bits per heavy atom. The van der Waals surface area contributed by atoms with Crippen LogP contribution in [0.15, 0.2) is 29.4 Å². The molecule has 2 rings (SSSR count). The number of hydrogen-bond acceptors (Lipinski definition) is 5. The largest absolute Gasteiger partial charge is 0.212 e.